The van der Waals surface area contributed by atoms with Crippen LogP contribution in [0.3, 0.4) is 0 Å². The highest BCUT2D eigenvalue weighted by atomic mass is 16.5. The van der Waals surface area contributed by atoms with Crippen molar-refractivity contribution in [3.8, 4) is 0 Å². The first-order valence-corrected chi connectivity index (χ1v) is 5.10. The Morgan fingerprint density at radius 3 is 2.47 bits per heavy atom. The number of hydrogen-bond acceptors (Lipinski definition) is 3. The Labute approximate surface area is 89.0 Å². The third-order valence-electron chi connectivity index (χ3n) is 2.79. The predicted molar refractivity (Wildman–Crippen MR) is 53.5 cm³/mol. The average molecular weight is 215 g/mol. The minimum Gasteiger partial charge on any atom is -0.480 e. The van der Waals surface area contributed by atoms with Gasteiger partial charge < -0.3 is 14.7 Å². The van der Waals surface area contributed by atoms with E-state index in [2.05, 4.69) is 0 Å². The Morgan fingerprint density at radius 1 is 1.53 bits per heavy atom. The molecule has 15 heavy (non-hydrogen) atoms. The van der Waals surface area contributed by atoms with Crippen molar-refractivity contribution in [2.24, 2.45) is 0 Å². The fourth-order valence-corrected chi connectivity index (χ4v) is 1.33. The summed E-state index contributed by atoms with van der Waals surface area (Å²) in [6.07, 6.45) is 3.32. The summed E-state index contributed by atoms with van der Waals surface area (Å²) in [5, 5.41) is 8.92. The van der Waals surface area contributed by atoms with Gasteiger partial charge in [0.25, 0.3) is 0 Å². The van der Waals surface area contributed by atoms with Crippen LogP contribution >= 0.6 is 0 Å². The van der Waals surface area contributed by atoms with E-state index in [0.717, 1.165) is 19.3 Å². The number of carbonyl (C=O) groups excluding carboxylic acids is 1. The van der Waals surface area contributed by atoms with Gasteiger partial charge in [-0.3, -0.25) is 4.79 Å². The minimum absolute atomic E-state index is 0.0794. The largest absolute Gasteiger partial charge is 0.480 e. The van der Waals surface area contributed by atoms with Gasteiger partial charge in [0.15, 0.2) is 6.04 Å². The molecule has 1 unspecified atom stereocenters. The number of rotatable bonds is 5. The van der Waals surface area contributed by atoms with Crippen LogP contribution in [0.4, 0.5) is 0 Å². The van der Waals surface area contributed by atoms with E-state index in [4.69, 9.17) is 9.84 Å². The zero-order valence-corrected chi connectivity index (χ0v) is 9.10. The highest BCUT2D eigenvalue weighted by Crippen LogP contribution is 2.22. The van der Waals surface area contributed by atoms with Gasteiger partial charge in [0, 0.05) is 14.0 Å². The maximum absolute atomic E-state index is 11.0. The first kappa shape index (κ1) is 12.0. The van der Waals surface area contributed by atoms with Crippen molar-refractivity contribution in [3.05, 3.63) is 0 Å². The Hall–Kier alpha value is -1.10. The van der Waals surface area contributed by atoms with Gasteiger partial charge in [-0.2, -0.15) is 0 Å². The normalized spacial score (nSPS) is 18.0. The van der Waals surface area contributed by atoms with Crippen LogP contribution in [0.1, 0.15) is 26.2 Å². The van der Waals surface area contributed by atoms with Gasteiger partial charge in [0.05, 0.1) is 12.7 Å². The van der Waals surface area contributed by atoms with Crippen molar-refractivity contribution in [1.29, 1.82) is 0 Å². The standard InChI is InChI=1S/C10H17NO4/c1-7(12)11(2)9(10(13)14)6-15-8-4-3-5-8/h8-9H,3-6H2,1-2H3,(H,13,14). The van der Waals surface area contributed by atoms with Crippen molar-refractivity contribution < 1.29 is 19.4 Å². The summed E-state index contributed by atoms with van der Waals surface area (Å²) in [5.74, 6) is -1.29. The van der Waals surface area contributed by atoms with Crippen LogP contribution in [0.15, 0.2) is 0 Å². The van der Waals surface area contributed by atoms with Crippen LogP contribution in [0.25, 0.3) is 0 Å². The monoisotopic (exact) mass is 215 g/mol. The van der Waals surface area contributed by atoms with Gasteiger partial charge in [-0.05, 0) is 19.3 Å². The van der Waals surface area contributed by atoms with Crippen LogP contribution in [-0.2, 0) is 14.3 Å². The van der Waals surface area contributed by atoms with Gasteiger partial charge >= 0.3 is 5.97 Å². The topological polar surface area (TPSA) is 66.8 Å². The second-order valence-electron chi connectivity index (χ2n) is 3.87. The number of likely N-dealkylation sites (N-methyl/N-ethyl adjacent to an activating group) is 1. The van der Waals surface area contributed by atoms with Crippen LogP contribution in [-0.4, -0.2) is 47.7 Å². The van der Waals surface area contributed by atoms with E-state index in [1.807, 2.05) is 0 Å². The molecule has 5 nitrogen and oxygen atoms in total. The third-order valence-corrected chi connectivity index (χ3v) is 2.79. The fourth-order valence-electron chi connectivity index (χ4n) is 1.33. The van der Waals surface area contributed by atoms with Gasteiger partial charge in [0.2, 0.25) is 5.91 Å². The lowest BCUT2D eigenvalue weighted by molar-refractivity contribution is -0.152. The molecule has 1 saturated carbocycles. The summed E-state index contributed by atoms with van der Waals surface area (Å²) in [6.45, 7) is 1.43. The van der Waals surface area contributed by atoms with E-state index in [1.54, 1.807) is 0 Å². The Bertz CT molecular complexity index is 250. The molecule has 0 aromatic rings. The molecule has 5 heteroatoms. The molecule has 1 rings (SSSR count). The summed E-state index contributed by atoms with van der Waals surface area (Å²) < 4.78 is 5.40. The number of amides is 1. The summed E-state index contributed by atoms with van der Waals surface area (Å²) in [5.41, 5.74) is 0. The molecule has 0 saturated heterocycles. The molecule has 1 N–H and O–H groups in total. The fraction of sp³-hybridized carbons (Fsp3) is 0.800. The van der Waals surface area contributed by atoms with E-state index >= 15 is 0 Å². The number of hydrogen-bond donors (Lipinski definition) is 1. The first-order chi connectivity index (χ1) is 7.02. The zero-order valence-electron chi connectivity index (χ0n) is 9.10. The number of carbonyl (C=O) groups is 2. The Kier molecular flexibility index (Phi) is 4.08. The molecular formula is C10H17NO4. The van der Waals surface area contributed by atoms with Crippen molar-refractivity contribution in [2.45, 2.75) is 38.3 Å². The van der Waals surface area contributed by atoms with Gasteiger partial charge in [0.1, 0.15) is 0 Å². The summed E-state index contributed by atoms with van der Waals surface area (Å²) >= 11 is 0. The second-order valence-corrected chi connectivity index (χ2v) is 3.87. The van der Waals surface area contributed by atoms with Crippen molar-refractivity contribution >= 4 is 11.9 Å². The number of carboxylic acid groups (broad SMARTS) is 1. The maximum atomic E-state index is 11.0. The van der Waals surface area contributed by atoms with Crippen molar-refractivity contribution in [2.75, 3.05) is 13.7 Å². The predicted octanol–water partition coefficient (Wildman–Crippen LogP) is 0.487. The number of ether oxygens (including phenoxy) is 1. The number of carboxylic acids is 1. The highest BCUT2D eigenvalue weighted by Gasteiger charge is 2.27. The SMILES string of the molecule is CC(=O)N(C)C(COC1CCC1)C(=O)O. The lowest BCUT2D eigenvalue weighted by Gasteiger charge is -2.29. The van der Waals surface area contributed by atoms with Crippen LogP contribution in [0, 0.1) is 0 Å². The number of nitrogens with zero attached hydrogens (tertiary/aromatic N) is 1. The Morgan fingerprint density at radius 2 is 2.13 bits per heavy atom. The van der Waals surface area contributed by atoms with Gasteiger partial charge in [-0.25, -0.2) is 4.79 Å². The molecule has 0 aliphatic heterocycles. The average Bonchev–Trinajstić information content (AvgIpc) is 2.07. The van der Waals surface area contributed by atoms with E-state index in [0.29, 0.717) is 0 Å². The molecule has 0 aromatic heterocycles. The van der Waals surface area contributed by atoms with E-state index in [9.17, 15) is 9.59 Å². The van der Waals surface area contributed by atoms with Crippen LogP contribution in [0.5, 0.6) is 0 Å². The molecule has 1 atom stereocenters. The molecule has 0 heterocycles. The van der Waals surface area contributed by atoms with Crippen LogP contribution in [0.2, 0.25) is 0 Å². The summed E-state index contributed by atoms with van der Waals surface area (Å²) in [4.78, 5) is 23.1. The van der Waals surface area contributed by atoms with E-state index < -0.39 is 12.0 Å². The van der Waals surface area contributed by atoms with E-state index in [-0.39, 0.29) is 18.6 Å². The third kappa shape index (κ3) is 3.20. The lowest BCUT2D eigenvalue weighted by atomic mass is 9.96. The smallest absolute Gasteiger partial charge is 0.328 e. The Balaban J connectivity index is 2.42. The summed E-state index contributed by atoms with van der Waals surface area (Å²) in [7, 11) is 1.48. The molecule has 1 aliphatic carbocycles. The van der Waals surface area contributed by atoms with Gasteiger partial charge in [-0.1, -0.05) is 0 Å². The molecule has 0 spiro atoms. The highest BCUT2D eigenvalue weighted by molar-refractivity contribution is 5.82. The van der Waals surface area contributed by atoms with E-state index in [1.165, 1.54) is 18.9 Å². The molecular weight excluding hydrogens is 198 g/mol. The molecule has 0 radical (unpaired) electrons. The lowest BCUT2D eigenvalue weighted by Crippen LogP contribution is -2.45. The first-order valence-electron chi connectivity index (χ1n) is 5.10. The quantitative estimate of drug-likeness (QED) is 0.724. The zero-order chi connectivity index (χ0) is 11.4. The number of aliphatic carboxylic acids is 1. The van der Waals surface area contributed by atoms with Crippen LogP contribution < -0.4 is 0 Å². The maximum Gasteiger partial charge on any atom is 0.328 e. The molecule has 0 bridgehead atoms. The molecule has 0 aromatic carbocycles. The van der Waals surface area contributed by atoms with Crippen molar-refractivity contribution in [1.82, 2.24) is 4.90 Å². The minimum atomic E-state index is -1.02. The molecule has 1 amide bonds. The van der Waals surface area contributed by atoms with Gasteiger partial charge in [-0.15, -0.1) is 0 Å². The molecule has 1 fully saturated rings. The molecule has 86 valence electrons. The second kappa shape index (κ2) is 5.11. The molecule has 1 aliphatic rings. The van der Waals surface area contributed by atoms with Crippen molar-refractivity contribution in [3.63, 3.8) is 0 Å². The summed E-state index contributed by atoms with van der Waals surface area (Å²) in [6, 6.07) is -0.872.